The summed E-state index contributed by atoms with van der Waals surface area (Å²) in [5.41, 5.74) is 4.71. The largest absolute Gasteiger partial charge is 0.497 e. The molecule has 0 aliphatic carbocycles. The van der Waals surface area contributed by atoms with Crippen LogP contribution in [0.5, 0.6) is 17.2 Å². The lowest BCUT2D eigenvalue weighted by Crippen LogP contribution is -2.34. The third-order valence-electron chi connectivity index (χ3n) is 4.81. The molecule has 0 aliphatic rings. The normalized spacial score (nSPS) is 10.5. The van der Waals surface area contributed by atoms with Crippen LogP contribution in [0.25, 0.3) is 0 Å². The van der Waals surface area contributed by atoms with Crippen LogP contribution < -0.4 is 25.0 Å². The van der Waals surface area contributed by atoms with Crippen molar-refractivity contribution in [3.05, 3.63) is 89.0 Å². The number of nitrogens with zero attached hydrogens (tertiary/aromatic N) is 1. The van der Waals surface area contributed by atoms with Crippen LogP contribution in [0.15, 0.2) is 71.8 Å². The highest BCUT2D eigenvalue weighted by atomic mass is 16.6. The van der Waals surface area contributed by atoms with Crippen molar-refractivity contribution >= 4 is 24.0 Å². The molecule has 3 aromatic carbocycles. The van der Waals surface area contributed by atoms with Gasteiger partial charge in [-0.2, -0.15) is 5.10 Å². The van der Waals surface area contributed by atoms with E-state index in [1.807, 2.05) is 13.0 Å². The van der Waals surface area contributed by atoms with Gasteiger partial charge in [-0.15, -0.1) is 0 Å². The van der Waals surface area contributed by atoms with Gasteiger partial charge in [0.1, 0.15) is 5.75 Å². The number of hydrogen-bond acceptors (Lipinski definition) is 7. The van der Waals surface area contributed by atoms with Crippen molar-refractivity contribution in [1.82, 2.24) is 10.7 Å². The topological polar surface area (TPSA) is 115 Å². The molecule has 2 N–H and O–H groups in total. The second kappa shape index (κ2) is 12.0. The maximum Gasteiger partial charge on any atom is 0.343 e. The van der Waals surface area contributed by atoms with E-state index in [0.717, 1.165) is 5.56 Å². The predicted molar refractivity (Wildman–Crippen MR) is 130 cm³/mol. The van der Waals surface area contributed by atoms with Gasteiger partial charge in [-0.05, 0) is 67.1 Å². The number of amides is 2. The highest BCUT2D eigenvalue weighted by Gasteiger charge is 2.13. The second-order valence-electron chi connectivity index (χ2n) is 7.37. The van der Waals surface area contributed by atoms with Crippen LogP contribution in [-0.2, 0) is 4.79 Å². The maximum absolute atomic E-state index is 12.4. The first-order valence-electron chi connectivity index (χ1n) is 10.6. The van der Waals surface area contributed by atoms with Gasteiger partial charge in [0.25, 0.3) is 11.8 Å². The van der Waals surface area contributed by atoms with E-state index in [1.54, 1.807) is 67.8 Å². The fraction of sp³-hybridized carbons (Fsp3) is 0.154. The molecule has 0 saturated heterocycles. The molecule has 180 valence electrons. The molecule has 0 bridgehead atoms. The summed E-state index contributed by atoms with van der Waals surface area (Å²) in [5.74, 6) is -0.214. The Morgan fingerprint density at radius 2 is 1.66 bits per heavy atom. The molecular formula is C26H25N3O6. The number of nitrogens with one attached hydrogen (secondary N) is 2. The van der Waals surface area contributed by atoms with Gasteiger partial charge < -0.3 is 19.5 Å². The second-order valence-corrected chi connectivity index (χ2v) is 7.37. The summed E-state index contributed by atoms with van der Waals surface area (Å²) in [5, 5.41) is 6.42. The van der Waals surface area contributed by atoms with Gasteiger partial charge in [0.05, 0.1) is 32.5 Å². The third-order valence-corrected chi connectivity index (χ3v) is 4.81. The molecule has 9 nitrogen and oxygen atoms in total. The smallest absolute Gasteiger partial charge is 0.343 e. The van der Waals surface area contributed by atoms with Crippen molar-refractivity contribution in [1.29, 1.82) is 0 Å². The lowest BCUT2D eigenvalue weighted by molar-refractivity contribution is -0.120. The molecule has 0 radical (unpaired) electrons. The average Bonchev–Trinajstić information content (AvgIpc) is 2.88. The summed E-state index contributed by atoms with van der Waals surface area (Å²) in [6.45, 7) is 1.65. The van der Waals surface area contributed by atoms with Gasteiger partial charge in [0.15, 0.2) is 11.5 Å². The summed E-state index contributed by atoms with van der Waals surface area (Å²) in [6.07, 6.45) is 1.40. The number of esters is 1. The third kappa shape index (κ3) is 7.16. The molecule has 2 amide bonds. The number of carbonyl (C=O) groups excluding carboxylic acids is 3. The lowest BCUT2D eigenvalue weighted by Gasteiger charge is -2.10. The first-order valence-corrected chi connectivity index (χ1v) is 10.6. The molecule has 3 aromatic rings. The Bertz CT molecular complexity index is 1240. The van der Waals surface area contributed by atoms with Crippen LogP contribution in [0.2, 0.25) is 0 Å². The highest BCUT2D eigenvalue weighted by Crippen LogP contribution is 2.28. The van der Waals surface area contributed by atoms with Crippen LogP contribution in [0.4, 0.5) is 0 Å². The minimum Gasteiger partial charge on any atom is -0.497 e. The molecule has 0 aliphatic heterocycles. The monoisotopic (exact) mass is 475 g/mol. The number of hydrogen-bond donors (Lipinski definition) is 2. The van der Waals surface area contributed by atoms with Crippen molar-refractivity contribution in [2.75, 3.05) is 20.8 Å². The zero-order valence-electron chi connectivity index (χ0n) is 19.5. The van der Waals surface area contributed by atoms with E-state index in [2.05, 4.69) is 15.8 Å². The zero-order chi connectivity index (χ0) is 25.2. The number of ether oxygens (including phenoxy) is 3. The van der Waals surface area contributed by atoms with Gasteiger partial charge in [-0.3, -0.25) is 9.59 Å². The van der Waals surface area contributed by atoms with Crippen molar-refractivity contribution in [3.63, 3.8) is 0 Å². The quantitative estimate of drug-likeness (QED) is 0.213. The van der Waals surface area contributed by atoms with Gasteiger partial charge >= 0.3 is 5.97 Å². The first kappa shape index (κ1) is 25.0. The molecule has 35 heavy (non-hydrogen) atoms. The number of hydrazone groups is 1. The van der Waals surface area contributed by atoms with E-state index >= 15 is 0 Å². The average molecular weight is 476 g/mol. The molecule has 0 atom stereocenters. The van der Waals surface area contributed by atoms with E-state index < -0.39 is 11.9 Å². The number of methoxy groups -OCH3 is 2. The van der Waals surface area contributed by atoms with E-state index in [-0.39, 0.29) is 18.2 Å². The lowest BCUT2D eigenvalue weighted by atomic mass is 10.1. The van der Waals surface area contributed by atoms with Crippen LogP contribution in [0.1, 0.15) is 31.8 Å². The van der Waals surface area contributed by atoms with E-state index in [1.165, 1.54) is 13.3 Å². The van der Waals surface area contributed by atoms with Gasteiger partial charge in [-0.1, -0.05) is 17.7 Å². The molecule has 9 heteroatoms. The van der Waals surface area contributed by atoms with Crippen LogP contribution >= 0.6 is 0 Å². The van der Waals surface area contributed by atoms with E-state index in [9.17, 15) is 14.4 Å². The predicted octanol–water partition coefficient (Wildman–Crippen LogP) is 3.11. The SMILES string of the molecule is COc1ccc(C(=O)Oc2ccc(/C=N\NC(=O)CNC(=O)c3cccc(C)c3)cc2OC)cc1. The summed E-state index contributed by atoms with van der Waals surface area (Å²) < 4.78 is 15.8. The van der Waals surface area contributed by atoms with Crippen molar-refractivity contribution in [2.45, 2.75) is 6.92 Å². The van der Waals surface area contributed by atoms with Crippen molar-refractivity contribution in [3.8, 4) is 17.2 Å². The Morgan fingerprint density at radius 1 is 0.886 bits per heavy atom. The van der Waals surface area contributed by atoms with Gasteiger partial charge in [0.2, 0.25) is 0 Å². The molecule has 0 aromatic heterocycles. The summed E-state index contributed by atoms with van der Waals surface area (Å²) in [6, 6.07) is 18.4. The number of carbonyl (C=O) groups is 3. The van der Waals surface area contributed by atoms with Crippen LogP contribution in [0.3, 0.4) is 0 Å². The Labute approximate surface area is 202 Å². The van der Waals surface area contributed by atoms with E-state index in [4.69, 9.17) is 14.2 Å². The minimum absolute atomic E-state index is 0.228. The molecule has 3 rings (SSSR count). The summed E-state index contributed by atoms with van der Waals surface area (Å²) in [4.78, 5) is 36.5. The standard InChI is InChI=1S/C26H25N3O6/c1-17-5-4-6-20(13-17)25(31)27-16-24(30)29-28-15-18-7-12-22(23(14-18)34-3)35-26(32)19-8-10-21(33-2)11-9-19/h4-15H,16H2,1-3H3,(H,27,31)(H,29,30)/b28-15-. The first-order chi connectivity index (χ1) is 16.9. The Balaban J connectivity index is 1.54. The Morgan fingerprint density at radius 3 is 2.34 bits per heavy atom. The molecule has 0 heterocycles. The van der Waals surface area contributed by atoms with Gasteiger partial charge in [-0.25, -0.2) is 10.2 Å². The Kier molecular flexibility index (Phi) is 8.55. The van der Waals surface area contributed by atoms with Crippen LogP contribution in [0, 0.1) is 6.92 Å². The fourth-order valence-electron chi connectivity index (χ4n) is 3.00. The number of aryl methyl sites for hydroxylation is 1. The van der Waals surface area contributed by atoms with Gasteiger partial charge in [0, 0.05) is 5.56 Å². The molecule has 0 saturated carbocycles. The highest BCUT2D eigenvalue weighted by molar-refractivity contribution is 5.96. The van der Waals surface area contributed by atoms with Crippen molar-refractivity contribution < 1.29 is 28.6 Å². The molecular weight excluding hydrogens is 450 g/mol. The number of benzene rings is 3. The van der Waals surface area contributed by atoms with E-state index in [0.29, 0.717) is 28.2 Å². The Hall–Kier alpha value is -4.66. The molecule has 0 fully saturated rings. The van der Waals surface area contributed by atoms with Crippen LogP contribution in [-0.4, -0.2) is 44.8 Å². The number of rotatable bonds is 9. The zero-order valence-corrected chi connectivity index (χ0v) is 19.5. The molecule has 0 spiro atoms. The fourth-order valence-corrected chi connectivity index (χ4v) is 3.00. The maximum atomic E-state index is 12.4. The summed E-state index contributed by atoms with van der Waals surface area (Å²) >= 11 is 0. The molecule has 0 unspecified atom stereocenters. The summed E-state index contributed by atoms with van der Waals surface area (Å²) in [7, 11) is 2.98. The van der Waals surface area contributed by atoms with Crippen molar-refractivity contribution in [2.24, 2.45) is 5.10 Å². The minimum atomic E-state index is -0.549.